The van der Waals surface area contributed by atoms with Gasteiger partial charge in [-0.25, -0.2) is 4.79 Å². The topological polar surface area (TPSA) is 59.2 Å². The van der Waals surface area contributed by atoms with E-state index in [1.165, 1.54) is 0 Å². The number of benzene rings is 1. The number of hydrogen-bond donors (Lipinski definition) is 1. The number of nitrogens with one attached hydrogen (secondary N) is 1. The quantitative estimate of drug-likeness (QED) is 0.881. The SMILES string of the molecule is Cc1c(C(=O)OCc2ccccc2)[nH]c2c1CC(=O)CC2. The first kappa shape index (κ1) is 13.6. The van der Waals surface area contributed by atoms with Crippen molar-refractivity contribution in [2.24, 2.45) is 0 Å². The van der Waals surface area contributed by atoms with Crippen molar-refractivity contribution in [1.29, 1.82) is 0 Å². The number of Topliss-reactive ketones (excluding diaryl/α,β-unsaturated/α-hetero) is 1. The summed E-state index contributed by atoms with van der Waals surface area (Å²) in [4.78, 5) is 26.9. The predicted molar refractivity (Wildman–Crippen MR) is 78.1 cm³/mol. The zero-order valence-electron chi connectivity index (χ0n) is 11.9. The highest BCUT2D eigenvalue weighted by Gasteiger charge is 2.25. The fraction of sp³-hybridized carbons (Fsp3) is 0.294. The molecule has 1 aliphatic carbocycles. The predicted octanol–water partition coefficient (Wildman–Crippen LogP) is 2.74. The summed E-state index contributed by atoms with van der Waals surface area (Å²) < 4.78 is 5.34. The molecule has 0 unspecified atom stereocenters. The van der Waals surface area contributed by atoms with E-state index in [1.807, 2.05) is 37.3 Å². The minimum absolute atomic E-state index is 0.230. The van der Waals surface area contributed by atoms with Crippen LogP contribution in [0, 0.1) is 6.92 Å². The number of ether oxygens (including phenoxy) is 1. The fourth-order valence-corrected chi connectivity index (χ4v) is 2.70. The van der Waals surface area contributed by atoms with Crippen LogP contribution in [0.25, 0.3) is 0 Å². The maximum atomic E-state index is 12.2. The Balaban J connectivity index is 1.75. The van der Waals surface area contributed by atoms with Gasteiger partial charge in [0.1, 0.15) is 18.1 Å². The zero-order valence-corrected chi connectivity index (χ0v) is 11.9. The van der Waals surface area contributed by atoms with Crippen molar-refractivity contribution in [2.45, 2.75) is 32.8 Å². The van der Waals surface area contributed by atoms with Crippen molar-refractivity contribution < 1.29 is 14.3 Å². The lowest BCUT2D eigenvalue weighted by molar-refractivity contribution is -0.118. The lowest BCUT2D eigenvalue weighted by atomic mass is 9.94. The van der Waals surface area contributed by atoms with Gasteiger partial charge < -0.3 is 9.72 Å². The molecule has 2 aromatic rings. The second kappa shape index (κ2) is 5.56. The molecule has 1 aromatic heterocycles. The second-order valence-corrected chi connectivity index (χ2v) is 5.36. The Morgan fingerprint density at radius 3 is 2.76 bits per heavy atom. The molecule has 0 radical (unpaired) electrons. The van der Waals surface area contributed by atoms with Crippen molar-refractivity contribution in [3.63, 3.8) is 0 Å². The van der Waals surface area contributed by atoms with Crippen LogP contribution < -0.4 is 0 Å². The standard InChI is InChI=1S/C17H17NO3/c1-11-14-9-13(19)7-8-15(14)18-16(11)17(20)21-10-12-5-3-2-4-6-12/h2-6,18H,7-10H2,1H3. The van der Waals surface area contributed by atoms with Gasteiger partial charge in [-0.2, -0.15) is 0 Å². The van der Waals surface area contributed by atoms with Gasteiger partial charge in [-0.1, -0.05) is 30.3 Å². The normalized spacial score (nSPS) is 13.9. The van der Waals surface area contributed by atoms with Crippen LogP contribution in [-0.4, -0.2) is 16.7 Å². The van der Waals surface area contributed by atoms with E-state index in [2.05, 4.69) is 4.98 Å². The molecule has 0 atom stereocenters. The Morgan fingerprint density at radius 1 is 1.24 bits per heavy atom. The van der Waals surface area contributed by atoms with Crippen LogP contribution in [0.1, 0.15) is 39.3 Å². The van der Waals surface area contributed by atoms with Gasteiger partial charge in [-0.3, -0.25) is 4.79 Å². The molecule has 0 fully saturated rings. The van der Waals surface area contributed by atoms with Crippen LogP contribution >= 0.6 is 0 Å². The van der Waals surface area contributed by atoms with Gasteiger partial charge >= 0.3 is 5.97 Å². The molecular weight excluding hydrogens is 266 g/mol. The first-order valence-corrected chi connectivity index (χ1v) is 7.08. The van der Waals surface area contributed by atoms with E-state index in [9.17, 15) is 9.59 Å². The number of hydrogen-bond acceptors (Lipinski definition) is 3. The van der Waals surface area contributed by atoms with E-state index in [4.69, 9.17) is 4.74 Å². The first-order chi connectivity index (χ1) is 10.1. The fourth-order valence-electron chi connectivity index (χ4n) is 2.70. The molecule has 1 aliphatic rings. The third-order valence-electron chi connectivity index (χ3n) is 3.91. The minimum atomic E-state index is -0.363. The Labute approximate surface area is 123 Å². The molecule has 4 heteroatoms. The van der Waals surface area contributed by atoms with Gasteiger partial charge in [0, 0.05) is 18.5 Å². The molecule has 0 bridgehead atoms. The first-order valence-electron chi connectivity index (χ1n) is 7.08. The van der Waals surface area contributed by atoms with Gasteiger partial charge in [0.05, 0.1) is 0 Å². The highest BCUT2D eigenvalue weighted by atomic mass is 16.5. The number of aryl methyl sites for hydroxylation is 1. The van der Waals surface area contributed by atoms with E-state index >= 15 is 0 Å². The maximum Gasteiger partial charge on any atom is 0.355 e. The number of esters is 1. The van der Waals surface area contributed by atoms with Crippen LogP contribution in [-0.2, 0) is 29.0 Å². The summed E-state index contributed by atoms with van der Waals surface area (Å²) in [6.07, 6.45) is 1.65. The molecule has 0 saturated carbocycles. The Bertz CT molecular complexity index is 686. The third kappa shape index (κ3) is 2.75. The summed E-state index contributed by atoms with van der Waals surface area (Å²) in [6, 6.07) is 9.57. The molecule has 4 nitrogen and oxygen atoms in total. The van der Waals surface area contributed by atoms with E-state index in [-0.39, 0.29) is 18.4 Å². The number of H-pyrrole nitrogens is 1. The average molecular weight is 283 g/mol. The van der Waals surface area contributed by atoms with Gasteiger partial charge in [-0.15, -0.1) is 0 Å². The van der Waals surface area contributed by atoms with Gasteiger partial charge in [-0.05, 0) is 30.0 Å². The van der Waals surface area contributed by atoms with Crippen LogP contribution in [0.4, 0.5) is 0 Å². The molecule has 21 heavy (non-hydrogen) atoms. The second-order valence-electron chi connectivity index (χ2n) is 5.36. The summed E-state index contributed by atoms with van der Waals surface area (Å²) >= 11 is 0. The summed E-state index contributed by atoms with van der Waals surface area (Å²) in [7, 11) is 0. The largest absolute Gasteiger partial charge is 0.456 e. The van der Waals surface area contributed by atoms with Crippen LogP contribution in [0.3, 0.4) is 0 Å². The number of aromatic nitrogens is 1. The van der Waals surface area contributed by atoms with Crippen LogP contribution in [0.5, 0.6) is 0 Å². The Hall–Kier alpha value is -2.36. The summed E-state index contributed by atoms with van der Waals surface area (Å²) in [6.45, 7) is 2.12. The monoisotopic (exact) mass is 283 g/mol. The third-order valence-corrected chi connectivity index (χ3v) is 3.91. The Kier molecular flexibility index (Phi) is 3.60. The number of carbonyl (C=O) groups excluding carboxylic acids is 2. The summed E-state index contributed by atoms with van der Waals surface area (Å²) in [5.74, 6) is -0.132. The van der Waals surface area contributed by atoms with Gasteiger partial charge in [0.15, 0.2) is 0 Å². The molecule has 1 aromatic carbocycles. The maximum absolute atomic E-state index is 12.2. The molecule has 0 amide bonds. The Morgan fingerprint density at radius 2 is 2.00 bits per heavy atom. The van der Waals surface area contributed by atoms with E-state index < -0.39 is 0 Å². The highest BCUT2D eigenvalue weighted by molar-refractivity contribution is 5.91. The zero-order chi connectivity index (χ0) is 14.8. The van der Waals surface area contributed by atoms with Crippen LogP contribution in [0.2, 0.25) is 0 Å². The lowest BCUT2D eigenvalue weighted by Gasteiger charge is -2.10. The molecule has 1 heterocycles. The van der Waals surface area contributed by atoms with Crippen LogP contribution in [0.15, 0.2) is 30.3 Å². The molecule has 0 saturated heterocycles. The van der Waals surface area contributed by atoms with Crippen molar-refractivity contribution in [2.75, 3.05) is 0 Å². The molecule has 0 aliphatic heterocycles. The smallest absolute Gasteiger partial charge is 0.355 e. The van der Waals surface area contributed by atoms with Gasteiger partial charge in [0.25, 0.3) is 0 Å². The number of carbonyl (C=O) groups is 2. The van der Waals surface area contributed by atoms with Crippen molar-refractivity contribution in [3.05, 3.63) is 58.4 Å². The molecular formula is C17H17NO3. The number of fused-ring (bicyclic) bond motifs is 1. The molecule has 3 rings (SSSR count). The number of rotatable bonds is 3. The van der Waals surface area contributed by atoms with Gasteiger partial charge in [0.2, 0.25) is 0 Å². The van der Waals surface area contributed by atoms with E-state index in [0.29, 0.717) is 25.0 Å². The minimum Gasteiger partial charge on any atom is -0.456 e. The van der Waals surface area contributed by atoms with Crippen molar-refractivity contribution >= 4 is 11.8 Å². The summed E-state index contributed by atoms with van der Waals surface area (Å²) in [5.41, 5.74) is 4.24. The number of ketones is 1. The summed E-state index contributed by atoms with van der Waals surface area (Å²) in [5, 5.41) is 0. The molecule has 0 spiro atoms. The van der Waals surface area contributed by atoms with Crippen molar-refractivity contribution in [1.82, 2.24) is 4.98 Å². The van der Waals surface area contributed by atoms with E-state index in [0.717, 1.165) is 22.4 Å². The average Bonchev–Trinajstić information content (AvgIpc) is 2.83. The highest BCUT2D eigenvalue weighted by Crippen LogP contribution is 2.25. The van der Waals surface area contributed by atoms with Crippen molar-refractivity contribution in [3.8, 4) is 0 Å². The van der Waals surface area contributed by atoms with E-state index in [1.54, 1.807) is 0 Å². The molecule has 1 N–H and O–H groups in total. The lowest BCUT2D eigenvalue weighted by Crippen LogP contribution is -2.12. The number of aromatic amines is 1. The molecule has 108 valence electrons.